The first-order valence-electron chi connectivity index (χ1n) is 8.39. The van der Waals surface area contributed by atoms with Crippen LogP contribution in [0.3, 0.4) is 0 Å². The molecule has 0 spiro atoms. The van der Waals surface area contributed by atoms with Crippen LogP contribution in [0.5, 0.6) is 0 Å². The van der Waals surface area contributed by atoms with Gasteiger partial charge in [-0.15, -0.1) is 0 Å². The molecule has 0 radical (unpaired) electrons. The van der Waals surface area contributed by atoms with E-state index in [2.05, 4.69) is 5.32 Å². The summed E-state index contributed by atoms with van der Waals surface area (Å²) in [5.41, 5.74) is 1.81. The van der Waals surface area contributed by atoms with Crippen LogP contribution in [0.25, 0.3) is 11.3 Å². The number of nitrogens with zero attached hydrogens (tertiary/aromatic N) is 1. The number of carbonyl (C=O) groups excluding carboxylic acids is 2. The van der Waals surface area contributed by atoms with E-state index >= 15 is 0 Å². The van der Waals surface area contributed by atoms with Crippen LogP contribution in [0.15, 0.2) is 77.6 Å². The van der Waals surface area contributed by atoms with E-state index in [0.717, 1.165) is 11.1 Å². The average Bonchev–Trinajstić information content (AvgIpc) is 2.71. The van der Waals surface area contributed by atoms with Gasteiger partial charge in [0.1, 0.15) is 18.6 Å². The summed E-state index contributed by atoms with van der Waals surface area (Å²) >= 11 is 0. The largest absolute Gasteiger partial charge is 0.444 e. The quantitative estimate of drug-likeness (QED) is 0.681. The summed E-state index contributed by atoms with van der Waals surface area (Å²) in [6.07, 6.45) is -0.0909. The SMILES string of the molecule is O=CCn1c(-c2ccccc2)ccc(NC(=O)OCc2ccccc2)c1=O. The Labute approximate surface area is 156 Å². The third-order valence-corrected chi connectivity index (χ3v) is 3.95. The molecule has 6 heteroatoms. The zero-order valence-electron chi connectivity index (χ0n) is 14.5. The number of rotatable bonds is 6. The summed E-state index contributed by atoms with van der Waals surface area (Å²) in [4.78, 5) is 35.7. The highest BCUT2D eigenvalue weighted by Crippen LogP contribution is 2.19. The highest BCUT2D eigenvalue weighted by Gasteiger charge is 2.13. The van der Waals surface area contributed by atoms with Crippen LogP contribution in [0.1, 0.15) is 5.56 Å². The van der Waals surface area contributed by atoms with E-state index in [-0.39, 0.29) is 18.8 Å². The third kappa shape index (κ3) is 4.49. The van der Waals surface area contributed by atoms with Gasteiger partial charge in [-0.2, -0.15) is 0 Å². The smallest absolute Gasteiger partial charge is 0.412 e. The number of aromatic nitrogens is 1. The maximum atomic E-state index is 12.7. The zero-order valence-corrected chi connectivity index (χ0v) is 14.5. The van der Waals surface area contributed by atoms with Crippen molar-refractivity contribution in [1.82, 2.24) is 4.57 Å². The Morgan fingerprint density at radius 2 is 1.63 bits per heavy atom. The molecule has 1 heterocycles. The van der Waals surface area contributed by atoms with E-state index in [4.69, 9.17) is 4.74 Å². The number of aldehydes is 1. The van der Waals surface area contributed by atoms with Crippen molar-refractivity contribution in [1.29, 1.82) is 0 Å². The van der Waals surface area contributed by atoms with Gasteiger partial charge in [0.05, 0.1) is 12.2 Å². The third-order valence-electron chi connectivity index (χ3n) is 3.95. The molecule has 0 aliphatic heterocycles. The van der Waals surface area contributed by atoms with E-state index < -0.39 is 11.7 Å². The van der Waals surface area contributed by atoms with Crippen molar-refractivity contribution in [3.8, 4) is 11.3 Å². The lowest BCUT2D eigenvalue weighted by Gasteiger charge is -2.13. The van der Waals surface area contributed by atoms with Crippen molar-refractivity contribution in [2.24, 2.45) is 0 Å². The Morgan fingerprint density at radius 1 is 0.963 bits per heavy atom. The van der Waals surface area contributed by atoms with Crippen LogP contribution in [-0.2, 0) is 22.7 Å². The first kappa shape index (κ1) is 18.1. The molecule has 0 unspecified atom stereocenters. The summed E-state index contributed by atoms with van der Waals surface area (Å²) in [6.45, 7) is -0.0189. The first-order valence-corrected chi connectivity index (χ1v) is 8.39. The Balaban J connectivity index is 1.80. The highest BCUT2D eigenvalue weighted by atomic mass is 16.5. The molecule has 136 valence electrons. The predicted molar refractivity (Wildman–Crippen MR) is 102 cm³/mol. The lowest BCUT2D eigenvalue weighted by atomic mass is 10.1. The van der Waals surface area contributed by atoms with Gasteiger partial charge in [0.25, 0.3) is 5.56 Å². The maximum Gasteiger partial charge on any atom is 0.412 e. The van der Waals surface area contributed by atoms with E-state index in [1.165, 1.54) is 10.6 Å². The van der Waals surface area contributed by atoms with Crippen LogP contribution in [0, 0.1) is 0 Å². The number of amides is 1. The van der Waals surface area contributed by atoms with Gasteiger partial charge in [-0.25, -0.2) is 4.79 Å². The number of hydrogen-bond donors (Lipinski definition) is 1. The first-order chi connectivity index (χ1) is 13.2. The monoisotopic (exact) mass is 362 g/mol. The van der Waals surface area contributed by atoms with Crippen molar-refractivity contribution in [3.63, 3.8) is 0 Å². The van der Waals surface area contributed by atoms with Gasteiger partial charge in [0.2, 0.25) is 0 Å². The number of benzene rings is 2. The molecule has 1 amide bonds. The van der Waals surface area contributed by atoms with Crippen molar-refractivity contribution in [3.05, 3.63) is 88.7 Å². The van der Waals surface area contributed by atoms with Gasteiger partial charge >= 0.3 is 6.09 Å². The van der Waals surface area contributed by atoms with Gasteiger partial charge in [-0.1, -0.05) is 60.7 Å². The van der Waals surface area contributed by atoms with Gasteiger partial charge in [0, 0.05) is 0 Å². The molecular formula is C21H18N2O4. The van der Waals surface area contributed by atoms with E-state index in [1.807, 2.05) is 60.7 Å². The zero-order chi connectivity index (χ0) is 19.1. The fourth-order valence-electron chi connectivity index (χ4n) is 2.66. The summed E-state index contributed by atoms with van der Waals surface area (Å²) in [5, 5.41) is 2.45. The summed E-state index contributed by atoms with van der Waals surface area (Å²) in [6, 6.07) is 21.7. The lowest BCUT2D eigenvalue weighted by Crippen LogP contribution is -2.27. The Hall–Kier alpha value is -3.67. The van der Waals surface area contributed by atoms with Gasteiger partial charge in [0.15, 0.2) is 0 Å². The summed E-state index contributed by atoms with van der Waals surface area (Å²) in [5.74, 6) is 0. The summed E-state index contributed by atoms with van der Waals surface area (Å²) in [7, 11) is 0. The molecule has 0 aliphatic rings. The highest BCUT2D eigenvalue weighted by molar-refractivity contribution is 5.84. The Kier molecular flexibility index (Phi) is 5.79. The number of carbonyl (C=O) groups is 2. The molecule has 3 aromatic rings. The fraction of sp³-hybridized carbons (Fsp3) is 0.0952. The number of hydrogen-bond acceptors (Lipinski definition) is 4. The van der Waals surface area contributed by atoms with E-state index in [1.54, 1.807) is 6.07 Å². The van der Waals surface area contributed by atoms with Crippen molar-refractivity contribution >= 4 is 18.1 Å². The van der Waals surface area contributed by atoms with Crippen LogP contribution in [0.2, 0.25) is 0 Å². The Morgan fingerprint density at radius 3 is 2.30 bits per heavy atom. The van der Waals surface area contributed by atoms with E-state index in [0.29, 0.717) is 12.0 Å². The molecular weight excluding hydrogens is 344 g/mol. The second-order valence-electron chi connectivity index (χ2n) is 5.77. The molecule has 0 atom stereocenters. The van der Waals surface area contributed by atoms with Gasteiger partial charge in [-0.05, 0) is 23.3 Å². The second-order valence-corrected chi connectivity index (χ2v) is 5.77. The van der Waals surface area contributed by atoms with Crippen LogP contribution in [0.4, 0.5) is 10.5 Å². The minimum Gasteiger partial charge on any atom is -0.444 e. The van der Waals surface area contributed by atoms with Crippen molar-refractivity contribution < 1.29 is 14.3 Å². The normalized spacial score (nSPS) is 10.2. The van der Waals surface area contributed by atoms with Gasteiger partial charge in [-0.3, -0.25) is 14.7 Å². The number of anilines is 1. The number of pyridine rings is 1. The molecule has 6 nitrogen and oxygen atoms in total. The van der Waals surface area contributed by atoms with Crippen LogP contribution >= 0.6 is 0 Å². The predicted octanol–water partition coefficient (Wildman–Crippen LogP) is 3.46. The molecule has 3 rings (SSSR count). The Bertz CT molecular complexity index is 982. The maximum absolute atomic E-state index is 12.7. The molecule has 0 saturated carbocycles. The second kappa shape index (κ2) is 8.62. The standard InChI is InChI=1S/C21H18N2O4/c24-14-13-23-19(17-9-5-2-6-10-17)12-11-18(20(23)25)22-21(26)27-15-16-7-3-1-4-8-16/h1-12,14H,13,15H2,(H,22,26). The van der Waals surface area contributed by atoms with Gasteiger partial charge < -0.3 is 9.53 Å². The lowest BCUT2D eigenvalue weighted by molar-refractivity contribution is -0.108. The molecule has 0 aliphatic carbocycles. The molecule has 1 aromatic heterocycles. The molecule has 0 bridgehead atoms. The van der Waals surface area contributed by atoms with Crippen LogP contribution < -0.4 is 10.9 Å². The van der Waals surface area contributed by atoms with Crippen LogP contribution in [-0.4, -0.2) is 16.9 Å². The molecule has 1 N–H and O–H groups in total. The van der Waals surface area contributed by atoms with Crippen molar-refractivity contribution in [2.75, 3.05) is 5.32 Å². The minimum absolute atomic E-state index is 0.0505. The minimum atomic E-state index is -0.735. The number of nitrogens with one attached hydrogen (secondary N) is 1. The number of ether oxygens (including phenoxy) is 1. The fourth-order valence-corrected chi connectivity index (χ4v) is 2.66. The average molecular weight is 362 g/mol. The topological polar surface area (TPSA) is 77.4 Å². The molecule has 2 aromatic carbocycles. The molecule has 0 saturated heterocycles. The van der Waals surface area contributed by atoms with E-state index in [9.17, 15) is 14.4 Å². The molecule has 0 fully saturated rings. The van der Waals surface area contributed by atoms with Crippen molar-refractivity contribution in [2.45, 2.75) is 13.2 Å². The molecule has 27 heavy (non-hydrogen) atoms. The summed E-state index contributed by atoms with van der Waals surface area (Å²) < 4.78 is 6.45.